The molecule has 0 spiro atoms. The van der Waals surface area contributed by atoms with Crippen LogP contribution in [0.5, 0.6) is 0 Å². The van der Waals surface area contributed by atoms with Crippen molar-refractivity contribution in [1.82, 2.24) is 10.2 Å². The van der Waals surface area contributed by atoms with Gasteiger partial charge in [-0.2, -0.15) is 0 Å². The number of ether oxygens (including phenoxy) is 2. The first-order valence-electron chi connectivity index (χ1n) is 17.1. The monoisotopic (exact) mass is 649 g/mol. The summed E-state index contributed by atoms with van der Waals surface area (Å²) in [7, 11) is 0. The molecular weight excluding hydrogens is 598 g/mol. The van der Waals surface area contributed by atoms with E-state index in [4.69, 9.17) is 14.6 Å². The average molecular weight is 650 g/mol. The van der Waals surface area contributed by atoms with Gasteiger partial charge >= 0.3 is 5.97 Å². The number of carboxylic acid groups (broad SMARTS) is 1. The van der Waals surface area contributed by atoms with Gasteiger partial charge in [-0.1, -0.05) is 56.2 Å². The first-order chi connectivity index (χ1) is 22.4. The van der Waals surface area contributed by atoms with Crippen LogP contribution < -0.4 is 10.6 Å². The number of benzene rings is 2. The molecule has 4 N–H and O–H groups in total. The maximum absolute atomic E-state index is 13.8. The minimum absolute atomic E-state index is 0.0454. The zero-order chi connectivity index (χ0) is 33.7. The summed E-state index contributed by atoms with van der Waals surface area (Å²) >= 11 is 0. The number of rotatable bonds is 10. The van der Waals surface area contributed by atoms with Crippen molar-refractivity contribution in [1.29, 1.82) is 0 Å². The number of aliphatic carboxylic acids is 1. The van der Waals surface area contributed by atoms with Crippen LogP contribution in [0.1, 0.15) is 108 Å². The number of nitrogens with zero attached hydrogens (tertiary/aromatic N) is 1. The molecule has 2 amide bonds. The Balaban J connectivity index is 1.44. The number of fused-ring (bicyclic) bond motifs is 1. The minimum Gasteiger partial charge on any atom is -0.481 e. The molecule has 2 aromatic rings. The van der Waals surface area contributed by atoms with Gasteiger partial charge in [-0.15, -0.1) is 0 Å². The Bertz CT molecular complexity index is 1390. The second kappa shape index (κ2) is 15.3. The van der Waals surface area contributed by atoms with Crippen LogP contribution in [0.15, 0.2) is 48.5 Å². The Morgan fingerprint density at radius 3 is 2.38 bits per heavy atom. The maximum Gasteiger partial charge on any atom is 0.303 e. The summed E-state index contributed by atoms with van der Waals surface area (Å²) < 4.78 is 13.5. The predicted molar refractivity (Wildman–Crippen MR) is 178 cm³/mol. The highest BCUT2D eigenvalue weighted by atomic mass is 16.7. The Labute approximate surface area is 278 Å². The predicted octanol–water partition coefficient (Wildman–Crippen LogP) is 5.71. The molecule has 5 rings (SSSR count). The van der Waals surface area contributed by atoms with E-state index < -0.39 is 12.3 Å². The van der Waals surface area contributed by atoms with Gasteiger partial charge in [-0.3, -0.25) is 19.3 Å². The standard InChI is InChI=1S/C37H51N3O7/c1-23-31(21-40-29-11-6-5-8-25(29)16-17-30(40)35(45)39-37(2,3)4)46-36(47-34(23)26-14-12-24(22-41)13-15-26)27-9-7-10-28(20-27)38-32(42)18-19-33(43)44/h7,9-10,12-15,20,23,25,29-31,34,36,41H,5-6,8,11,16-19,21-22H2,1-4H3,(H,38,42)(H,39,45)(H,43,44)/t23-,25-,29-,30-,31+,34+,36+/m1/s1. The van der Waals surface area contributed by atoms with Crippen molar-refractivity contribution in [2.45, 2.75) is 122 Å². The molecule has 10 heteroatoms. The summed E-state index contributed by atoms with van der Waals surface area (Å²) in [4.78, 5) is 39.5. The van der Waals surface area contributed by atoms with E-state index in [0.717, 1.165) is 42.4 Å². The molecule has 3 fully saturated rings. The van der Waals surface area contributed by atoms with E-state index in [9.17, 15) is 19.5 Å². The lowest BCUT2D eigenvalue weighted by molar-refractivity contribution is -0.278. The van der Waals surface area contributed by atoms with E-state index in [2.05, 4.69) is 22.5 Å². The zero-order valence-electron chi connectivity index (χ0n) is 28.1. The molecular formula is C37H51N3O7. The number of carbonyl (C=O) groups is 3. The number of aliphatic hydroxyl groups excluding tert-OH is 1. The lowest BCUT2D eigenvalue weighted by atomic mass is 9.75. The van der Waals surface area contributed by atoms with Crippen LogP contribution in [-0.2, 0) is 30.5 Å². The van der Waals surface area contributed by atoms with Gasteiger partial charge in [-0.05, 0) is 75.6 Å². The molecule has 0 unspecified atom stereocenters. The van der Waals surface area contributed by atoms with Crippen molar-refractivity contribution in [2.24, 2.45) is 11.8 Å². The van der Waals surface area contributed by atoms with Gasteiger partial charge in [-0.25, -0.2) is 0 Å². The van der Waals surface area contributed by atoms with E-state index in [-0.39, 0.29) is 61.0 Å². The van der Waals surface area contributed by atoms with Crippen molar-refractivity contribution < 1.29 is 34.1 Å². The second-order valence-electron chi connectivity index (χ2n) is 14.5. The summed E-state index contributed by atoms with van der Waals surface area (Å²) in [5.74, 6) is -0.824. The highest BCUT2D eigenvalue weighted by molar-refractivity contribution is 5.92. The van der Waals surface area contributed by atoms with Crippen molar-refractivity contribution in [3.63, 3.8) is 0 Å². The first-order valence-corrected chi connectivity index (χ1v) is 17.1. The number of aliphatic hydroxyl groups is 1. The Morgan fingerprint density at radius 2 is 1.68 bits per heavy atom. The maximum atomic E-state index is 13.8. The number of likely N-dealkylation sites (tertiary alicyclic amines) is 1. The molecule has 47 heavy (non-hydrogen) atoms. The lowest BCUT2D eigenvalue weighted by Gasteiger charge is -2.51. The Hall–Kier alpha value is -3.31. The van der Waals surface area contributed by atoms with Gasteiger partial charge in [0.25, 0.3) is 0 Å². The number of anilines is 1. The van der Waals surface area contributed by atoms with Gasteiger partial charge in [0.05, 0.1) is 31.3 Å². The third kappa shape index (κ3) is 8.99. The molecule has 0 radical (unpaired) electrons. The number of hydrogen-bond acceptors (Lipinski definition) is 7. The summed E-state index contributed by atoms with van der Waals surface area (Å²) in [6.45, 7) is 8.73. The fourth-order valence-corrected chi connectivity index (χ4v) is 7.47. The normalized spacial score (nSPS) is 28.2. The van der Waals surface area contributed by atoms with E-state index in [0.29, 0.717) is 24.2 Å². The highest BCUT2D eigenvalue weighted by Gasteiger charge is 2.46. The molecule has 1 aliphatic carbocycles. The zero-order valence-corrected chi connectivity index (χ0v) is 28.1. The van der Waals surface area contributed by atoms with Crippen LogP contribution in [0.4, 0.5) is 5.69 Å². The van der Waals surface area contributed by atoms with Crippen molar-refractivity contribution >= 4 is 23.5 Å². The van der Waals surface area contributed by atoms with Crippen molar-refractivity contribution in [2.75, 3.05) is 11.9 Å². The molecule has 2 saturated heterocycles. The molecule has 0 bridgehead atoms. The molecule has 2 aromatic carbocycles. The smallest absolute Gasteiger partial charge is 0.303 e. The molecule has 10 nitrogen and oxygen atoms in total. The summed E-state index contributed by atoms with van der Waals surface area (Å²) in [6, 6.07) is 15.1. The van der Waals surface area contributed by atoms with Gasteiger partial charge in [0.15, 0.2) is 6.29 Å². The van der Waals surface area contributed by atoms with E-state index in [1.165, 1.54) is 12.8 Å². The topological polar surface area (TPSA) is 137 Å². The SMILES string of the molecule is C[C@@H]1[C@H](CN2[C@@H](C(=O)NC(C)(C)C)CC[C@H]3CCCC[C@H]32)O[C@H](c2cccc(NC(=O)CCC(=O)O)c2)O[C@@H]1c1ccc(CO)cc1. The summed E-state index contributed by atoms with van der Waals surface area (Å²) in [5, 5.41) is 24.6. The highest BCUT2D eigenvalue weighted by Crippen LogP contribution is 2.44. The summed E-state index contributed by atoms with van der Waals surface area (Å²) in [5.41, 5.74) is 2.72. The fourth-order valence-electron chi connectivity index (χ4n) is 7.47. The van der Waals surface area contributed by atoms with Crippen LogP contribution in [0.3, 0.4) is 0 Å². The van der Waals surface area contributed by atoms with Crippen molar-refractivity contribution in [3.8, 4) is 0 Å². The molecule has 0 aromatic heterocycles. The Kier molecular flexibility index (Phi) is 11.4. The van der Waals surface area contributed by atoms with Crippen LogP contribution in [0, 0.1) is 11.8 Å². The van der Waals surface area contributed by atoms with E-state index in [1.54, 1.807) is 12.1 Å². The molecule has 1 saturated carbocycles. The van der Waals surface area contributed by atoms with Gasteiger partial charge < -0.3 is 30.3 Å². The largest absolute Gasteiger partial charge is 0.481 e. The average Bonchev–Trinajstić information content (AvgIpc) is 3.04. The van der Waals surface area contributed by atoms with Crippen LogP contribution in [-0.4, -0.2) is 63.2 Å². The first kappa shape index (κ1) is 35.0. The Morgan fingerprint density at radius 1 is 0.936 bits per heavy atom. The minimum atomic E-state index is -1.03. The number of carbonyl (C=O) groups excluding carboxylic acids is 2. The third-order valence-corrected chi connectivity index (χ3v) is 9.83. The second-order valence-corrected chi connectivity index (χ2v) is 14.5. The van der Waals surface area contributed by atoms with Gasteiger partial charge in [0.2, 0.25) is 11.8 Å². The number of amides is 2. The molecule has 7 atom stereocenters. The van der Waals surface area contributed by atoms with E-state index in [1.807, 2.05) is 57.2 Å². The van der Waals surface area contributed by atoms with Crippen molar-refractivity contribution in [3.05, 3.63) is 65.2 Å². The number of piperidine rings is 1. The number of carboxylic acids is 1. The van der Waals surface area contributed by atoms with Gasteiger partial charge in [0, 0.05) is 41.7 Å². The van der Waals surface area contributed by atoms with Gasteiger partial charge in [0.1, 0.15) is 0 Å². The van der Waals surface area contributed by atoms with Crippen LogP contribution >= 0.6 is 0 Å². The van der Waals surface area contributed by atoms with Crippen LogP contribution in [0.25, 0.3) is 0 Å². The number of hydrogen-bond donors (Lipinski definition) is 4. The summed E-state index contributed by atoms with van der Waals surface area (Å²) in [6.07, 6.45) is 4.81. The third-order valence-electron chi connectivity index (χ3n) is 9.83. The molecule has 256 valence electrons. The lowest BCUT2D eigenvalue weighted by Crippen LogP contribution is -2.61. The molecule has 2 heterocycles. The number of nitrogens with one attached hydrogen (secondary N) is 2. The van der Waals surface area contributed by atoms with Crippen LogP contribution in [0.2, 0.25) is 0 Å². The molecule has 3 aliphatic rings. The molecule has 2 aliphatic heterocycles. The quantitative estimate of drug-likeness (QED) is 0.257. The fraction of sp³-hybridized carbons (Fsp3) is 0.595. The van der Waals surface area contributed by atoms with E-state index >= 15 is 0 Å².